The Labute approximate surface area is 147 Å². The van der Waals surface area contributed by atoms with Crippen molar-refractivity contribution < 1.29 is 4.74 Å². The van der Waals surface area contributed by atoms with Crippen LogP contribution in [0.2, 0.25) is 0 Å². The van der Waals surface area contributed by atoms with Gasteiger partial charge in [-0.1, -0.05) is 30.3 Å². The molecule has 5 aromatic rings. The molecule has 0 saturated carbocycles. The molecule has 0 fully saturated rings. The fourth-order valence-corrected chi connectivity index (χ4v) is 2.70. The van der Waals surface area contributed by atoms with Crippen LogP contribution in [0.3, 0.4) is 0 Å². The van der Waals surface area contributed by atoms with E-state index in [-0.39, 0.29) is 0 Å². The zero-order chi connectivity index (χ0) is 17.3. The van der Waals surface area contributed by atoms with Crippen molar-refractivity contribution in [3.05, 3.63) is 67.4 Å². The average Bonchev–Trinajstić information content (AvgIpc) is 3.31. The number of fused-ring (bicyclic) bond motifs is 2. The molecule has 26 heavy (non-hydrogen) atoms. The molecule has 0 spiro atoms. The highest BCUT2D eigenvalue weighted by Crippen LogP contribution is 2.21. The molecular formula is C17H12N8O. The summed E-state index contributed by atoms with van der Waals surface area (Å²) in [6.45, 7) is 0.404. The third-order valence-corrected chi connectivity index (χ3v) is 3.93. The summed E-state index contributed by atoms with van der Waals surface area (Å²) in [4.78, 5) is 25.5. The fraction of sp³-hybridized carbons (Fsp3) is 0.0588. The summed E-state index contributed by atoms with van der Waals surface area (Å²) in [6, 6.07) is 9.89. The van der Waals surface area contributed by atoms with Crippen LogP contribution in [0.15, 0.2) is 61.8 Å². The van der Waals surface area contributed by atoms with Crippen LogP contribution in [0.5, 0.6) is 5.88 Å². The minimum Gasteiger partial charge on any atom is -0.471 e. The zero-order valence-electron chi connectivity index (χ0n) is 13.5. The lowest BCUT2D eigenvalue weighted by Crippen LogP contribution is -2.08. The molecular weight excluding hydrogens is 332 g/mol. The molecule has 4 heterocycles. The van der Waals surface area contributed by atoms with Crippen LogP contribution in [0.4, 0.5) is 0 Å². The van der Waals surface area contributed by atoms with E-state index in [1.807, 2.05) is 30.3 Å². The molecule has 0 aliphatic carbocycles. The molecule has 5 rings (SSSR count). The van der Waals surface area contributed by atoms with Crippen molar-refractivity contribution in [2.45, 2.75) is 6.61 Å². The lowest BCUT2D eigenvalue weighted by atomic mass is 10.2. The van der Waals surface area contributed by atoms with Gasteiger partial charge in [-0.2, -0.15) is 4.98 Å². The van der Waals surface area contributed by atoms with Crippen molar-refractivity contribution in [3.8, 4) is 5.88 Å². The quantitative estimate of drug-likeness (QED) is 0.491. The smallest absolute Gasteiger partial charge is 0.245 e. The predicted molar refractivity (Wildman–Crippen MR) is 92.2 cm³/mol. The molecule has 0 aliphatic rings. The Morgan fingerprint density at radius 2 is 1.62 bits per heavy atom. The van der Waals surface area contributed by atoms with E-state index in [0.29, 0.717) is 34.8 Å². The van der Waals surface area contributed by atoms with Crippen molar-refractivity contribution in [2.24, 2.45) is 0 Å². The summed E-state index contributed by atoms with van der Waals surface area (Å²) < 4.78 is 9.34. The number of hydrogen-bond acceptors (Lipinski definition) is 7. The molecule has 0 unspecified atom stereocenters. The normalized spacial score (nSPS) is 11.2. The number of imidazole rings is 2. The average molecular weight is 344 g/mol. The zero-order valence-corrected chi connectivity index (χ0v) is 13.5. The number of ether oxygens (including phenoxy) is 1. The van der Waals surface area contributed by atoms with Gasteiger partial charge in [0.1, 0.15) is 37.4 Å². The molecule has 126 valence electrons. The van der Waals surface area contributed by atoms with Gasteiger partial charge < -0.3 is 4.74 Å². The van der Waals surface area contributed by atoms with Crippen molar-refractivity contribution in [1.82, 2.24) is 39.3 Å². The summed E-state index contributed by atoms with van der Waals surface area (Å²) in [6.07, 6.45) is 7.87. The summed E-state index contributed by atoms with van der Waals surface area (Å²) in [7, 11) is 0. The molecule has 0 amide bonds. The Hall–Kier alpha value is -3.88. The minimum atomic E-state index is 0.404. The molecule has 9 heteroatoms. The van der Waals surface area contributed by atoms with E-state index in [9.17, 15) is 0 Å². The second-order valence-electron chi connectivity index (χ2n) is 5.54. The van der Waals surface area contributed by atoms with Crippen molar-refractivity contribution in [2.75, 3.05) is 0 Å². The van der Waals surface area contributed by atoms with E-state index in [1.54, 1.807) is 28.2 Å². The van der Waals surface area contributed by atoms with Gasteiger partial charge in [0.25, 0.3) is 0 Å². The summed E-state index contributed by atoms with van der Waals surface area (Å²) >= 11 is 0. The first-order valence-corrected chi connectivity index (χ1v) is 7.88. The molecule has 0 atom stereocenters. The summed E-state index contributed by atoms with van der Waals surface area (Å²) in [5, 5.41) is 0. The second kappa shape index (κ2) is 5.88. The molecule has 0 saturated heterocycles. The van der Waals surface area contributed by atoms with Gasteiger partial charge >= 0.3 is 0 Å². The largest absolute Gasteiger partial charge is 0.471 e. The Morgan fingerprint density at radius 1 is 0.808 bits per heavy atom. The van der Waals surface area contributed by atoms with Crippen LogP contribution in [0.25, 0.3) is 22.3 Å². The monoisotopic (exact) mass is 344 g/mol. The fourth-order valence-electron chi connectivity index (χ4n) is 2.70. The van der Waals surface area contributed by atoms with E-state index >= 15 is 0 Å². The van der Waals surface area contributed by atoms with Crippen molar-refractivity contribution >= 4 is 22.3 Å². The Morgan fingerprint density at radius 3 is 2.54 bits per heavy atom. The molecule has 9 nitrogen and oxygen atoms in total. The maximum absolute atomic E-state index is 5.85. The molecule has 0 bridgehead atoms. The molecule has 1 aromatic carbocycles. The first-order chi connectivity index (χ1) is 12.9. The molecule has 0 radical (unpaired) electrons. The van der Waals surface area contributed by atoms with Gasteiger partial charge in [-0.3, -0.25) is 0 Å². The number of benzene rings is 1. The highest BCUT2D eigenvalue weighted by atomic mass is 16.5. The van der Waals surface area contributed by atoms with Gasteiger partial charge in [0.15, 0.2) is 16.8 Å². The van der Waals surface area contributed by atoms with E-state index in [0.717, 1.165) is 5.56 Å². The van der Waals surface area contributed by atoms with E-state index in [2.05, 4.69) is 29.9 Å². The maximum atomic E-state index is 5.85. The number of hydrogen-bond donors (Lipinski definition) is 0. The maximum Gasteiger partial charge on any atom is 0.245 e. The van der Waals surface area contributed by atoms with Crippen molar-refractivity contribution in [1.29, 1.82) is 0 Å². The third kappa shape index (κ3) is 2.34. The lowest BCUT2D eigenvalue weighted by molar-refractivity contribution is 0.297. The van der Waals surface area contributed by atoms with E-state index in [4.69, 9.17) is 4.74 Å². The first-order valence-electron chi connectivity index (χ1n) is 7.88. The SMILES string of the molecule is c1ccc(COc2ncnc3c2ncn3-n2cnc3cncnc32)cc1. The topological polar surface area (TPSA) is 96.4 Å². The summed E-state index contributed by atoms with van der Waals surface area (Å²) in [5.74, 6) is 0.427. The van der Waals surface area contributed by atoms with Crippen LogP contribution in [-0.4, -0.2) is 39.3 Å². The lowest BCUT2D eigenvalue weighted by Gasteiger charge is -2.07. The van der Waals surface area contributed by atoms with Gasteiger partial charge in [0.05, 0.1) is 6.20 Å². The number of rotatable bonds is 4. The van der Waals surface area contributed by atoms with Crippen LogP contribution < -0.4 is 4.74 Å². The molecule has 0 N–H and O–H groups in total. The van der Waals surface area contributed by atoms with Crippen LogP contribution in [-0.2, 0) is 6.61 Å². The van der Waals surface area contributed by atoms with Gasteiger partial charge in [-0.25, -0.2) is 34.3 Å². The highest BCUT2D eigenvalue weighted by Gasteiger charge is 2.14. The van der Waals surface area contributed by atoms with E-state index in [1.165, 1.54) is 12.7 Å². The van der Waals surface area contributed by atoms with Gasteiger partial charge in [-0.05, 0) is 5.56 Å². The van der Waals surface area contributed by atoms with Gasteiger partial charge in [-0.15, -0.1) is 0 Å². The van der Waals surface area contributed by atoms with Gasteiger partial charge in [0.2, 0.25) is 5.88 Å². The number of aromatic nitrogens is 8. The van der Waals surface area contributed by atoms with Crippen LogP contribution >= 0.6 is 0 Å². The Bertz CT molecular complexity index is 1200. The molecule has 0 aliphatic heterocycles. The Kier molecular flexibility index (Phi) is 3.27. The van der Waals surface area contributed by atoms with Gasteiger partial charge in [0, 0.05) is 0 Å². The molecule has 4 aromatic heterocycles. The second-order valence-corrected chi connectivity index (χ2v) is 5.54. The third-order valence-electron chi connectivity index (χ3n) is 3.93. The van der Waals surface area contributed by atoms with Crippen molar-refractivity contribution in [3.63, 3.8) is 0 Å². The first kappa shape index (κ1) is 14.5. The highest BCUT2D eigenvalue weighted by molar-refractivity contribution is 5.77. The predicted octanol–water partition coefficient (Wildman–Crippen LogP) is 1.86. The standard InChI is InChI=1S/C17H12N8O/c1-2-4-12(5-3-1)7-26-17-14-16(20-9-21-17)25(11-23-14)24-10-22-13-6-18-8-19-15(13)24/h1-6,8-11H,7H2. The van der Waals surface area contributed by atoms with E-state index < -0.39 is 0 Å². The van der Waals surface area contributed by atoms with Crippen LogP contribution in [0, 0.1) is 0 Å². The summed E-state index contributed by atoms with van der Waals surface area (Å²) in [5.41, 5.74) is 3.56. The number of nitrogens with zero attached hydrogens (tertiary/aromatic N) is 8. The van der Waals surface area contributed by atoms with Crippen LogP contribution in [0.1, 0.15) is 5.56 Å². The minimum absolute atomic E-state index is 0.404. The Balaban J connectivity index is 1.55.